The molecule has 2 amide bonds. The van der Waals surface area contributed by atoms with Crippen LogP contribution in [0, 0.1) is 0 Å². The molecule has 5 heteroatoms. The lowest BCUT2D eigenvalue weighted by Crippen LogP contribution is -2.58. The lowest BCUT2D eigenvalue weighted by Gasteiger charge is -2.49. The molecule has 2 N–H and O–H groups in total. The van der Waals surface area contributed by atoms with E-state index in [0.29, 0.717) is 24.2 Å². The Morgan fingerprint density at radius 1 is 0.929 bits per heavy atom. The number of amides is 2. The van der Waals surface area contributed by atoms with Gasteiger partial charge in [0.1, 0.15) is 5.75 Å². The first-order chi connectivity index (χ1) is 13.7. The topological polar surface area (TPSA) is 53.6 Å². The van der Waals surface area contributed by atoms with Crippen LogP contribution in [0.4, 0.5) is 4.79 Å². The molecule has 154 valence electrons. The van der Waals surface area contributed by atoms with Crippen molar-refractivity contribution in [2.45, 2.75) is 94.9 Å². The average Bonchev–Trinajstić information content (AvgIpc) is 2.70. The van der Waals surface area contributed by atoms with Gasteiger partial charge in [0.25, 0.3) is 0 Å². The fourth-order valence-electron chi connectivity index (χ4n) is 5.46. The maximum Gasteiger partial charge on any atom is 0.315 e. The molecule has 2 saturated heterocycles. The van der Waals surface area contributed by atoms with E-state index in [1.54, 1.807) is 7.11 Å². The van der Waals surface area contributed by atoms with E-state index in [9.17, 15) is 4.79 Å². The van der Waals surface area contributed by atoms with Crippen molar-refractivity contribution in [3.63, 3.8) is 0 Å². The molecule has 3 fully saturated rings. The third-order valence-corrected chi connectivity index (χ3v) is 6.93. The van der Waals surface area contributed by atoms with Crippen LogP contribution in [0.5, 0.6) is 5.75 Å². The van der Waals surface area contributed by atoms with Crippen molar-refractivity contribution >= 4 is 6.03 Å². The third kappa shape index (κ3) is 4.80. The van der Waals surface area contributed by atoms with Crippen LogP contribution < -0.4 is 15.4 Å². The van der Waals surface area contributed by atoms with Crippen molar-refractivity contribution in [3.8, 4) is 5.75 Å². The van der Waals surface area contributed by atoms with Gasteiger partial charge in [0.05, 0.1) is 7.11 Å². The van der Waals surface area contributed by atoms with E-state index in [2.05, 4.69) is 39.8 Å². The standard InChI is InChI=1S/C23H35N3O2/c1-28-22-12-10-17(11-13-22)16-26-20-8-5-9-21(26)15-19(14-20)25-23(27)24-18-6-3-2-4-7-18/h10-13,18-21H,2-9,14-16H2,1H3,(H2,24,25,27). The van der Waals surface area contributed by atoms with Crippen LogP contribution in [0.25, 0.3) is 0 Å². The van der Waals surface area contributed by atoms with Crippen LogP contribution >= 0.6 is 0 Å². The normalized spacial score (nSPS) is 28.5. The zero-order valence-corrected chi connectivity index (χ0v) is 17.2. The highest BCUT2D eigenvalue weighted by Crippen LogP contribution is 2.35. The first-order valence-corrected chi connectivity index (χ1v) is 11.2. The van der Waals surface area contributed by atoms with Crippen LogP contribution in [-0.4, -0.2) is 42.2 Å². The second-order valence-corrected chi connectivity index (χ2v) is 8.88. The molecule has 0 aromatic heterocycles. The first-order valence-electron chi connectivity index (χ1n) is 11.2. The maximum absolute atomic E-state index is 12.5. The van der Waals surface area contributed by atoms with Gasteiger partial charge in [-0.15, -0.1) is 0 Å². The van der Waals surface area contributed by atoms with Crippen LogP contribution in [-0.2, 0) is 6.54 Å². The molecule has 2 unspecified atom stereocenters. The van der Waals surface area contributed by atoms with Gasteiger partial charge in [-0.3, -0.25) is 4.90 Å². The molecule has 1 aromatic rings. The number of carbonyl (C=O) groups is 1. The summed E-state index contributed by atoms with van der Waals surface area (Å²) in [4.78, 5) is 15.2. The van der Waals surface area contributed by atoms with E-state index in [4.69, 9.17) is 4.74 Å². The minimum absolute atomic E-state index is 0.0542. The molecule has 2 aliphatic heterocycles. The number of nitrogens with zero attached hydrogens (tertiary/aromatic N) is 1. The summed E-state index contributed by atoms with van der Waals surface area (Å²) in [7, 11) is 1.71. The van der Waals surface area contributed by atoms with Crippen molar-refractivity contribution in [1.82, 2.24) is 15.5 Å². The predicted molar refractivity (Wildman–Crippen MR) is 112 cm³/mol. The minimum atomic E-state index is 0.0542. The van der Waals surface area contributed by atoms with Gasteiger partial charge in [-0.1, -0.05) is 37.8 Å². The highest BCUT2D eigenvalue weighted by Gasteiger charge is 2.38. The van der Waals surface area contributed by atoms with Gasteiger partial charge >= 0.3 is 6.03 Å². The van der Waals surface area contributed by atoms with Gasteiger partial charge in [0, 0.05) is 30.7 Å². The quantitative estimate of drug-likeness (QED) is 0.798. The Kier molecular flexibility index (Phi) is 6.40. The molecule has 0 radical (unpaired) electrons. The number of hydrogen-bond acceptors (Lipinski definition) is 3. The van der Waals surface area contributed by atoms with Gasteiger partial charge in [-0.2, -0.15) is 0 Å². The smallest absolute Gasteiger partial charge is 0.315 e. The number of benzene rings is 1. The Morgan fingerprint density at radius 3 is 2.21 bits per heavy atom. The number of carbonyl (C=O) groups excluding carboxylic acids is 1. The number of ether oxygens (including phenoxy) is 1. The number of hydrogen-bond donors (Lipinski definition) is 2. The van der Waals surface area contributed by atoms with E-state index in [-0.39, 0.29) is 6.03 Å². The second-order valence-electron chi connectivity index (χ2n) is 8.88. The highest BCUT2D eigenvalue weighted by atomic mass is 16.5. The van der Waals surface area contributed by atoms with Gasteiger partial charge in [-0.25, -0.2) is 4.79 Å². The van der Waals surface area contributed by atoms with Crippen LogP contribution in [0.15, 0.2) is 24.3 Å². The monoisotopic (exact) mass is 385 g/mol. The molecule has 1 aliphatic carbocycles. The first kappa shape index (κ1) is 19.6. The zero-order chi connectivity index (χ0) is 19.3. The van der Waals surface area contributed by atoms with Crippen molar-refractivity contribution in [3.05, 3.63) is 29.8 Å². The minimum Gasteiger partial charge on any atom is -0.497 e. The molecule has 2 heterocycles. The Bertz CT molecular complexity index is 628. The molecule has 2 atom stereocenters. The summed E-state index contributed by atoms with van der Waals surface area (Å²) in [6.45, 7) is 1.00. The Morgan fingerprint density at radius 2 is 1.57 bits per heavy atom. The number of urea groups is 1. The van der Waals surface area contributed by atoms with Crippen LogP contribution in [0.1, 0.15) is 69.8 Å². The third-order valence-electron chi connectivity index (χ3n) is 6.93. The Balaban J connectivity index is 1.31. The summed E-state index contributed by atoms with van der Waals surface area (Å²) in [6, 6.07) is 10.4. The number of piperidine rings is 2. The van der Waals surface area contributed by atoms with E-state index in [0.717, 1.165) is 38.0 Å². The summed E-state index contributed by atoms with van der Waals surface area (Å²) >= 11 is 0. The van der Waals surface area contributed by atoms with Gasteiger partial charge in [-0.05, 0) is 56.2 Å². The molecule has 28 heavy (non-hydrogen) atoms. The molecule has 1 aromatic carbocycles. The lowest BCUT2D eigenvalue weighted by molar-refractivity contribution is 0.0196. The lowest BCUT2D eigenvalue weighted by atomic mass is 9.81. The van der Waals surface area contributed by atoms with E-state index in [1.807, 2.05) is 0 Å². The van der Waals surface area contributed by atoms with E-state index in [1.165, 1.54) is 44.1 Å². The fraction of sp³-hybridized carbons (Fsp3) is 0.696. The number of methoxy groups -OCH3 is 1. The van der Waals surface area contributed by atoms with Crippen molar-refractivity contribution < 1.29 is 9.53 Å². The van der Waals surface area contributed by atoms with Gasteiger partial charge in [0.15, 0.2) is 0 Å². The molecule has 2 bridgehead atoms. The fourth-order valence-corrected chi connectivity index (χ4v) is 5.46. The number of nitrogens with one attached hydrogen (secondary N) is 2. The summed E-state index contributed by atoms with van der Waals surface area (Å²) in [5.41, 5.74) is 1.35. The summed E-state index contributed by atoms with van der Waals surface area (Å²) < 4.78 is 5.28. The summed E-state index contributed by atoms with van der Waals surface area (Å²) in [5, 5.41) is 6.52. The van der Waals surface area contributed by atoms with Crippen LogP contribution in [0.2, 0.25) is 0 Å². The maximum atomic E-state index is 12.5. The van der Waals surface area contributed by atoms with E-state index < -0.39 is 0 Å². The SMILES string of the molecule is COc1ccc(CN2C3CCCC2CC(NC(=O)NC2CCCCC2)C3)cc1. The molecule has 1 saturated carbocycles. The average molecular weight is 386 g/mol. The summed E-state index contributed by atoms with van der Waals surface area (Å²) in [6.07, 6.45) is 12.0. The Hall–Kier alpha value is -1.75. The highest BCUT2D eigenvalue weighted by molar-refractivity contribution is 5.74. The zero-order valence-electron chi connectivity index (χ0n) is 17.2. The number of rotatable bonds is 5. The molecule has 0 spiro atoms. The van der Waals surface area contributed by atoms with Crippen molar-refractivity contribution in [2.24, 2.45) is 0 Å². The van der Waals surface area contributed by atoms with Crippen LogP contribution in [0.3, 0.4) is 0 Å². The largest absolute Gasteiger partial charge is 0.497 e. The van der Waals surface area contributed by atoms with Gasteiger partial charge < -0.3 is 15.4 Å². The molecule has 4 rings (SSSR count). The van der Waals surface area contributed by atoms with Crippen molar-refractivity contribution in [2.75, 3.05) is 7.11 Å². The Labute approximate surface area is 169 Å². The van der Waals surface area contributed by atoms with E-state index >= 15 is 0 Å². The summed E-state index contributed by atoms with van der Waals surface area (Å²) in [5.74, 6) is 0.913. The molecular weight excluding hydrogens is 350 g/mol. The number of fused-ring (bicyclic) bond motifs is 2. The molecule has 3 aliphatic rings. The van der Waals surface area contributed by atoms with Crippen molar-refractivity contribution in [1.29, 1.82) is 0 Å². The second kappa shape index (κ2) is 9.17. The van der Waals surface area contributed by atoms with Gasteiger partial charge in [0.2, 0.25) is 0 Å². The molecule has 5 nitrogen and oxygen atoms in total. The predicted octanol–water partition coefficient (Wildman–Crippen LogP) is 4.21. The molecular formula is C23H35N3O2.